The molecule has 4 nitrogen and oxygen atoms in total. The van der Waals surface area contributed by atoms with Crippen molar-refractivity contribution >= 4 is 28.9 Å². The SMILES string of the molecule is CC1=C(C(=O)Nc2ccc(C)cc2)[C@H](c2ccccc2F)NC(=S)N1. The van der Waals surface area contributed by atoms with Crippen molar-refractivity contribution < 1.29 is 9.18 Å². The summed E-state index contributed by atoms with van der Waals surface area (Å²) in [6.45, 7) is 3.73. The Morgan fingerprint density at radius 1 is 1.12 bits per heavy atom. The molecule has 0 radical (unpaired) electrons. The molecular weight excluding hydrogens is 337 g/mol. The lowest BCUT2D eigenvalue weighted by Crippen LogP contribution is -2.46. The average Bonchev–Trinajstić information content (AvgIpc) is 2.56. The van der Waals surface area contributed by atoms with Crippen LogP contribution in [0.4, 0.5) is 10.1 Å². The lowest BCUT2D eigenvalue weighted by atomic mass is 9.94. The number of thiocarbonyl (C=S) groups is 1. The second-order valence-electron chi connectivity index (χ2n) is 5.91. The minimum atomic E-state index is -0.652. The van der Waals surface area contributed by atoms with Crippen LogP contribution >= 0.6 is 12.2 Å². The first kappa shape index (κ1) is 17.1. The summed E-state index contributed by atoms with van der Waals surface area (Å²) in [5.41, 5.74) is 3.15. The number of halogens is 1. The summed E-state index contributed by atoms with van der Waals surface area (Å²) in [5, 5.41) is 9.15. The van der Waals surface area contributed by atoms with Gasteiger partial charge in [-0.2, -0.15) is 0 Å². The van der Waals surface area contributed by atoms with Gasteiger partial charge in [-0.3, -0.25) is 4.79 Å². The summed E-state index contributed by atoms with van der Waals surface area (Å²) < 4.78 is 14.3. The molecule has 0 unspecified atom stereocenters. The van der Waals surface area contributed by atoms with Crippen LogP contribution in [0.2, 0.25) is 0 Å². The van der Waals surface area contributed by atoms with E-state index in [1.165, 1.54) is 6.07 Å². The second-order valence-corrected chi connectivity index (χ2v) is 6.32. The van der Waals surface area contributed by atoms with Crippen molar-refractivity contribution in [2.24, 2.45) is 0 Å². The van der Waals surface area contributed by atoms with Crippen molar-refractivity contribution in [3.63, 3.8) is 0 Å². The van der Waals surface area contributed by atoms with E-state index < -0.39 is 11.9 Å². The van der Waals surface area contributed by atoms with Gasteiger partial charge in [0.2, 0.25) is 0 Å². The van der Waals surface area contributed by atoms with Crippen molar-refractivity contribution in [3.05, 3.63) is 76.7 Å². The number of hydrogen-bond donors (Lipinski definition) is 3. The molecule has 3 rings (SSSR count). The number of hydrogen-bond acceptors (Lipinski definition) is 2. The van der Waals surface area contributed by atoms with E-state index >= 15 is 0 Å². The summed E-state index contributed by atoms with van der Waals surface area (Å²) >= 11 is 5.18. The molecule has 0 aliphatic carbocycles. The van der Waals surface area contributed by atoms with E-state index in [-0.39, 0.29) is 5.91 Å². The number of benzene rings is 2. The van der Waals surface area contributed by atoms with Gasteiger partial charge in [-0.1, -0.05) is 35.9 Å². The highest BCUT2D eigenvalue weighted by atomic mass is 32.1. The molecule has 0 bridgehead atoms. The fraction of sp³-hybridized carbons (Fsp3) is 0.158. The van der Waals surface area contributed by atoms with E-state index in [0.717, 1.165) is 5.56 Å². The Hall–Kier alpha value is -2.73. The van der Waals surface area contributed by atoms with Crippen LogP contribution in [0.3, 0.4) is 0 Å². The van der Waals surface area contributed by atoms with Gasteiger partial charge in [0.1, 0.15) is 5.82 Å². The van der Waals surface area contributed by atoms with Gasteiger partial charge in [0.25, 0.3) is 5.91 Å². The van der Waals surface area contributed by atoms with Crippen molar-refractivity contribution in [1.29, 1.82) is 0 Å². The summed E-state index contributed by atoms with van der Waals surface area (Å²) in [6, 6.07) is 13.2. The number of rotatable bonds is 3. The number of carbonyl (C=O) groups excluding carboxylic acids is 1. The molecule has 2 aromatic rings. The maximum absolute atomic E-state index is 14.3. The summed E-state index contributed by atoms with van der Waals surface area (Å²) in [4.78, 5) is 12.8. The lowest BCUT2D eigenvalue weighted by Gasteiger charge is -2.30. The smallest absolute Gasteiger partial charge is 0.255 e. The van der Waals surface area contributed by atoms with E-state index in [9.17, 15) is 9.18 Å². The summed E-state index contributed by atoms with van der Waals surface area (Å²) in [6.07, 6.45) is 0. The highest BCUT2D eigenvalue weighted by Crippen LogP contribution is 2.29. The van der Waals surface area contributed by atoms with Gasteiger partial charge in [0, 0.05) is 16.9 Å². The van der Waals surface area contributed by atoms with Crippen LogP contribution in [0, 0.1) is 12.7 Å². The quantitative estimate of drug-likeness (QED) is 0.737. The van der Waals surface area contributed by atoms with Crippen LogP contribution < -0.4 is 16.0 Å². The molecule has 1 heterocycles. The van der Waals surface area contributed by atoms with E-state index in [1.54, 1.807) is 25.1 Å². The van der Waals surface area contributed by atoms with Crippen LogP contribution in [0.25, 0.3) is 0 Å². The van der Waals surface area contributed by atoms with Gasteiger partial charge < -0.3 is 16.0 Å². The molecule has 128 valence electrons. The van der Waals surface area contributed by atoms with Gasteiger partial charge in [-0.15, -0.1) is 0 Å². The molecule has 0 saturated heterocycles. The van der Waals surface area contributed by atoms with Crippen LogP contribution in [-0.4, -0.2) is 11.0 Å². The first-order valence-electron chi connectivity index (χ1n) is 7.86. The lowest BCUT2D eigenvalue weighted by molar-refractivity contribution is -0.113. The maximum Gasteiger partial charge on any atom is 0.255 e. The first-order chi connectivity index (χ1) is 12.0. The Bertz CT molecular complexity index is 861. The van der Waals surface area contributed by atoms with Crippen LogP contribution in [0.5, 0.6) is 0 Å². The predicted octanol–water partition coefficient (Wildman–Crippen LogP) is 3.57. The molecule has 0 spiro atoms. The first-order valence-corrected chi connectivity index (χ1v) is 8.27. The predicted molar refractivity (Wildman–Crippen MR) is 101 cm³/mol. The summed E-state index contributed by atoms with van der Waals surface area (Å²) in [7, 11) is 0. The molecule has 0 fully saturated rings. The monoisotopic (exact) mass is 355 g/mol. The molecule has 0 saturated carbocycles. The number of anilines is 1. The Kier molecular flexibility index (Phi) is 4.81. The number of aryl methyl sites for hydroxylation is 1. The Morgan fingerprint density at radius 3 is 2.48 bits per heavy atom. The molecule has 3 N–H and O–H groups in total. The fourth-order valence-electron chi connectivity index (χ4n) is 2.77. The van der Waals surface area contributed by atoms with Crippen molar-refractivity contribution in [2.45, 2.75) is 19.9 Å². The van der Waals surface area contributed by atoms with E-state index in [1.807, 2.05) is 31.2 Å². The van der Waals surface area contributed by atoms with Gasteiger partial charge in [0.05, 0.1) is 11.6 Å². The zero-order chi connectivity index (χ0) is 18.0. The second kappa shape index (κ2) is 7.03. The number of allylic oxidation sites excluding steroid dienone is 1. The standard InChI is InChI=1S/C19H18FN3OS/c1-11-7-9-13(10-8-11)22-18(24)16-12(2)21-19(25)23-17(16)14-5-3-4-6-15(14)20/h3-10,17H,1-2H3,(H,22,24)(H2,21,23,25)/t17-/m0/s1. The maximum atomic E-state index is 14.3. The van der Waals surface area contributed by atoms with Crippen molar-refractivity contribution in [1.82, 2.24) is 10.6 Å². The third-order valence-corrected chi connectivity index (χ3v) is 4.26. The van der Waals surface area contributed by atoms with Crippen LogP contribution in [0.15, 0.2) is 59.8 Å². The fourth-order valence-corrected chi connectivity index (χ4v) is 3.04. The van der Waals surface area contributed by atoms with Gasteiger partial charge in [0.15, 0.2) is 5.11 Å². The zero-order valence-electron chi connectivity index (χ0n) is 13.9. The van der Waals surface area contributed by atoms with E-state index in [4.69, 9.17) is 12.2 Å². The topological polar surface area (TPSA) is 53.2 Å². The third kappa shape index (κ3) is 3.69. The summed E-state index contributed by atoms with van der Waals surface area (Å²) in [5.74, 6) is -0.699. The van der Waals surface area contributed by atoms with Crippen LogP contribution in [0.1, 0.15) is 24.1 Å². The number of carbonyl (C=O) groups is 1. The average molecular weight is 355 g/mol. The van der Waals surface area contributed by atoms with Crippen LogP contribution in [-0.2, 0) is 4.79 Å². The molecule has 0 aromatic heterocycles. The molecule has 1 aliphatic heterocycles. The minimum absolute atomic E-state index is 0.308. The van der Waals surface area contributed by atoms with Gasteiger partial charge >= 0.3 is 0 Å². The highest BCUT2D eigenvalue weighted by Gasteiger charge is 2.31. The molecule has 1 atom stereocenters. The Morgan fingerprint density at radius 2 is 1.80 bits per heavy atom. The third-order valence-electron chi connectivity index (χ3n) is 4.04. The number of amides is 1. The Balaban J connectivity index is 1.96. The van der Waals surface area contributed by atoms with Crippen molar-refractivity contribution in [3.8, 4) is 0 Å². The number of nitrogens with one attached hydrogen (secondary N) is 3. The highest BCUT2D eigenvalue weighted by molar-refractivity contribution is 7.80. The van der Waals surface area contributed by atoms with E-state index in [0.29, 0.717) is 27.6 Å². The largest absolute Gasteiger partial charge is 0.351 e. The van der Waals surface area contributed by atoms with Gasteiger partial charge in [-0.05, 0) is 44.3 Å². The molecule has 1 aliphatic rings. The molecule has 1 amide bonds. The molecule has 2 aromatic carbocycles. The van der Waals surface area contributed by atoms with Crippen molar-refractivity contribution in [2.75, 3.05) is 5.32 Å². The Labute approximate surface area is 151 Å². The van der Waals surface area contributed by atoms with Gasteiger partial charge in [-0.25, -0.2) is 4.39 Å². The normalized spacial score (nSPS) is 16.9. The molecule has 6 heteroatoms. The molecular formula is C19H18FN3OS. The van der Waals surface area contributed by atoms with E-state index in [2.05, 4.69) is 16.0 Å². The minimum Gasteiger partial charge on any atom is -0.351 e. The zero-order valence-corrected chi connectivity index (χ0v) is 14.7. The molecule has 25 heavy (non-hydrogen) atoms.